The third-order valence-electron chi connectivity index (χ3n) is 4.14. The van der Waals surface area contributed by atoms with Gasteiger partial charge in [0.05, 0.1) is 6.61 Å². The van der Waals surface area contributed by atoms with Crippen LogP contribution in [0.5, 0.6) is 5.75 Å². The Labute approximate surface area is 115 Å². The molecule has 3 rings (SSSR count). The zero-order chi connectivity index (χ0) is 13.2. The Kier molecular flexibility index (Phi) is 3.76. The predicted octanol–water partition coefficient (Wildman–Crippen LogP) is 2.70. The average Bonchev–Trinajstić information content (AvgIpc) is 3.02. The van der Waals surface area contributed by atoms with E-state index in [4.69, 9.17) is 9.47 Å². The van der Waals surface area contributed by atoms with Crippen molar-refractivity contribution in [1.82, 2.24) is 5.32 Å². The number of nitrogens with one attached hydrogen (secondary N) is 1. The highest BCUT2D eigenvalue weighted by Gasteiger charge is 2.28. The maximum Gasteiger partial charge on any atom is 0.123 e. The summed E-state index contributed by atoms with van der Waals surface area (Å²) >= 11 is 0. The molecule has 2 aliphatic heterocycles. The van der Waals surface area contributed by atoms with Crippen molar-refractivity contribution in [3.8, 4) is 5.75 Å². The molecule has 104 valence electrons. The lowest BCUT2D eigenvalue weighted by Gasteiger charge is -2.24. The molecule has 1 saturated heterocycles. The van der Waals surface area contributed by atoms with Gasteiger partial charge in [-0.1, -0.05) is 19.1 Å². The summed E-state index contributed by atoms with van der Waals surface area (Å²) in [6, 6.07) is 7.08. The van der Waals surface area contributed by atoms with Crippen molar-refractivity contribution in [3.05, 3.63) is 29.3 Å². The molecule has 0 saturated carbocycles. The van der Waals surface area contributed by atoms with Gasteiger partial charge in [0.15, 0.2) is 0 Å². The van der Waals surface area contributed by atoms with E-state index in [2.05, 4.69) is 37.4 Å². The Morgan fingerprint density at radius 3 is 3.05 bits per heavy atom. The number of ether oxygens (including phenoxy) is 2. The zero-order valence-corrected chi connectivity index (χ0v) is 11.8. The van der Waals surface area contributed by atoms with Crippen LogP contribution in [0.3, 0.4) is 0 Å². The lowest BCUT2D eigenvalue weighted by Crippen LogP contribution is -2.28. The number of rotatable bonds is 4. The van der Waals surface area contributed by atoms with Crippen LogP contribution in [-0.4, -0.2) is 25.9 Å². The van der Waals surface area contributed by atoms with Gasteiger partial charge in [-0.2, -0.15) is 0 Å². The molecule has 0 bridgehead atoms. The molecule has 19 heavy (non-hydrogen) atoms. The minimum absolute atomic E-state index is 0.317. The van der Waals surface area contributed by atoms with Crippen LogP contribution in [-0.2, 0) is 11.2 Å². The molecule has 1 fully saturated rings. The quantitative estimate of drug-likeness (QED) is 0.904. The van der Waals surface area contributed by atoms with Crippen molar-refractivity contribution in [1.29, 1.82) is 0 Å². The predicted molar refractivity (Wildman–Crippen MR) is 75.6 cm³/mol. The molecule has 3 unspecified atom stereocenters. The van der Waals surface area contributed by atoms with Gasteiger partial charge in [0.1, 0.15) is 11.9 Å². The molecule has 3 heteroatoms. The summed E-state index contributed by atoms with van der Waals surface area (Å²) in [5.41, 5.74) is 2.74. The molecule has 0 spiro atoms. The van der Waals surface area contributed by atoms with E-state index in [1.807, 2.05) is 0 Å². The van der Waals surface area contributed by atoms with Crippen molar-refractivity contribution in [3.63, 3.8) is 0 Å². The summed E-state index contributed by atoms with van der Waals surface area (Å²) in [6.45, 7) is 7.07. The third-order valence-corrected chi connectivity index (χ3v) is 4.14. The summed E-state index contributed by atoms with van der Waals surface area (Å²) in [5, 5.41) is 3.62. The lowest BCUT2D eigenvalue weighted by atomic mass is 9.91. The Bertz CT molecular complexity index is 440. The molecule has 3 atom stereocenters. The van der Waals surface area contributed by atoms with E-state index >= 15 is 0 Å². The van der Waals surface area contributed by atoms with Crippen molar-refractivity contribution in [2.24, 2.45) is 5.92 Å². The monoisotopic (exact) mass is 261 g/mol. The van der Waals surface area contributed by atoms with E-state index in [-0.39, 0.29) is 0 Å². The Morgan fingerprint density at radius 1 is 1.42 bits per heavy atom. The van der Waals surface area contributed by atoms with Crippen molar-refractivity contribution >= 4 is 0 Å². The van der Waals surface area contributed by atoms with Gasteiger partial charge in [0.25, 0.3) is 0 Å². The lowest BCUT2D eigenvalue weighted by molar-refractivity contribution is 0.177. The van der Waals surface area contributed by atoms with Gasteiger partial charge in [0, 0.05) is 25.0 Å². The summed E-state index contributed by atoms with van der Waals surface area (Å²) < 4.78 is 11.3. The largest absolute Gasteiger partial charge is 0.490 e. The molecule has 0 amide bonds. The number of hydrogen-bond donors (Lipinski definition) is 1. The smallest absolute Gasteiger partial charge is 0.123 e. The second-order valence-electron chi connectivity index (χ2n) is 5.66. The first kappa shape index (κ1) is 12.9. The Balaban J connectivity index is 1.84. The van der Waals surface area contributed by atoms with Gasteiger partial charge < -0.3 is 14.8 Å². The minimum atomic E-state index is 0.317. The SMILES string of the molecule is CCNC(c1ccc2c(c1)CC(C)O2)C1CCOC1. The van der Waals surface area contributed by atoms with E-state index in [1.54, 1.807) is 0 Å². The molecule has 3 nitrogen and oxygen atoms in total. The molecule has 1 N–H and O–H groups in total. The van der Waals surface area contributed by atoms with Crippen LogP contribution in [0.1, 0.15) is 37.4 Å². The first-order valence-electron chi connectivity index (χ1n) is 7.38. The molecule has 0 radical (unpaired) electrons. The summed E-state index contributed by atoms with van der Waals surface area (Å²) in [4.78, 5) is 0. The van der Waals surface area contributed by atoms with E-state index in [9.17, 15) is 0 Å². The van der Waals surface area contributed by atoms with Crippen LogP contribution in [0.4, 0.5) is 0 Å². The van der Waals surface area contributed by atoms with Gasteiger partial charge in [-0.3, -0.25) is 0 Å². The highest BCUT2D eigenvalue weighted by atomic mass is 16.5. The fourth-order valence-electron chi connectivity index (χ4n) is 3.23. The van der Waals surface area contributed by atoms with Crippen LogP contribution < -0.4 is 10.1 Å². The maximum atomic E-state index is 5.78. The molecular formula is C16H23NO2. The van der Waals surface area contributed by atoms with Crippen LogP contribution in [0, 0.1) is 5.92 Å². The maximum absolute atomic E-state index is 5.78. The normalized spacial score (nSPS) is 27.1. The third kappa shape index (κ3) is 2.63. The molecule has 0 aromatic heterocycles. The van der Waals surface area contributed by atoms with E-state index < -0.39 is 0 Å². The van der Waals surface area contributed by atoms with E-state index in [1.165, 1.54) is 11.1 Å². The summed E-state index contributed by atoms with van der Waals surface area (Å²) in [7, 11) is 0. The standard InChI is InChI=1S/C16H23NO2/c1-3-17-16(13-6-7-18-10-13)12-4-5-15-14(9-12)8-11(2)19-15/h4-5,9,11,13,16-17H,3,6-8,10H2,1-2H3. The topological polar surface area (TPSA) is 30.5 Å². The Morgan fingerprint density at radius 2 is 2.32 bits per heavy atom. The van der Waals surface area contributed by atoms with Crippen LogP contribution in [0.25, 0.3) is 0 Å². The molecule has 1 aromatic rings. The molecular weight excluding hydrogens is 238 g/mol. The first-order valence-corrected chi connectivity index (χ1v) is 7.38. The Hall–Kier alpha value is -1.06. The fourth-order valence-corrected chi connectivity index (χ4v) is 3.23. The van der Waals surface area contributed by atoms with E-state index in [0.29, 0.717) is 18.1 Å². The highest BCUT2D eigenvalue weighted by Crippen LogP contribution is 2.34. The van der Waals surface area contributed by atoms with Gasteiger partial charge in [0.2, 0.25) is 0 Å². The van der Waals surface area contributed by atoms with Crippen molar-refractivity contribution < 1.29 is 9.47 Å². The second-order valence-corrected chi connectivity index (χ2v) is 5.66. The molecule has 2 aliphatic rings. The molecule has 1 aromatic carbocycles. The fraction of sp³-hybridized carbons (Fsp3) is 0.625. The van der Waals surface area contributed by atoms with Gasteiger partial charge in [-0.05, 0) is 37.1 Å². The van der Waals surface area contributed by atoms with E-state index in [0.717, 1.165) is 38.3 Å². The summed E-state index contributed by atoms with van der Waals surface area (Å²) in [5.74, 6) is 1.66. The van der Waals surface area contributed by atoms with Gasteiger partial charge >= 0.3 is 0 Å². The molecule has 2 heterocycles. The van der Waals surface area contributed by atoms with Crippen molar-refractivity contribution in [2.45, 2.75) is 38.8 Å². The highest BCUT2D eigenvalue weighted by molar-refractivity contribution is 5.41. The van der Waals surface area contributed by atoms with Gasteiger partial charge in [-0.15, -0.1) is 0 Å². The van der Waals surface area contributed by atoms with Crippen LogP contribution in [0.2, 0.25) is 0 Å². The number of benzene rings is 1. The van der Waals surface area contributed by atoms with Crippen LogP contribution in [0.15, 0.2) is 18.2 Å². The van der Waals surface area contributed by atoms with Gasteiger partial charge in [-0.25, -0.2) is 0 Å². The average molecular weight is 261 g/mol. The van der Waals surface area contributed by atoms with Crippen LogP contribution >= 0.6 is 0 Å². The minimum Gasteiger partial charge on any atom is -0.490 e. The number of hydrogen-bond acceptors (Lipinski definition) is 3. The molecule has 0 aliphatic carbocycles. The number of fused-ring (bicyclic) bond motifs is 1. The zero-order valence-electron chi connectivity index (χ0n) is 11.8. The second kappa shape index (κ2) is 5.51. The first-order chi connectivity index (χ1) is 9.28. The summed E-state index contributed by atoms with van der Waals surface area (Å²) in [6.07, 6.45) is 2.50. The van der Waals surface area contributed by atoms with Crippen molar-refractivity contribution in [2.75, 3.05) is 19.8 Å².